The average Bonchev–Trinajstić information content (AvgIpc) is 2.47. The minimum Gasteiger partial charge on any atom is -0.266 e. The molecule has 2 aromatic carbocycles. The molecule has 10 heteroatoms. The van der Waals surface area contributed by atoms with Crippen LogP contribution in [-0.4, -0.2) is 30.8 Å². The Morgan fingerprint density at radius 1 is 1.04 bits per heavy atom. The maximum absolute atomic E-state index is 12.5. The quantitative estimate of drug-likeness (QED) is 0.608. The van der Waals surface area contributed by atoms with E-state index >= 15 is 0 Å². The maximum atomic E-state index is 12.5. The first kappa shape index (κ1) is 16.4. The molecule has 0 saturated heterocycles. The lowest BCUT2D eigenvalue weighted by atomic mass is 9.93. The van der Waals surface area contributed by atoms with Crippen LogP contribution in [0.3, 0.4) is 0 Å². The first-order valence-corrected chi connectivity index (χ1v) is 7.87. The summed E-state index contributed by atoms with van der Waals surface area (Å²) in [6.45, 7) is 1.64. The number of amides is 2. The Morgan fingerprint density at radius 2 is 1.67 bits per heavy atom. The maximum Gasteiger partial charge on any atom is 0.525 e. The molecule has 126 valence electrons. The molecule has 1 aliphatic rings. The van der Waals surface area contributed by atoms with Gasteiger partial charge in [0.25, 0.3) is 11.8 Å². The van der Waals surface area contributed by atoms with E-state index in [1.807, 2.05) is 0 Å². The largest absolute Gasteiger partial charge is 0.525 e. The second-order valence-corrected chi connectivity index (χ2v) is 6.62. The fourth-order valence-corrected chi connectivity index (χ4v) is 2.86. The lowest BCUT2D eigenvalue weighted by Crippen LogP contribution is -2.44. The molecule has 2 amide bonds. The van der Waals surface area contributed by atoms with Gasteiger partial charge in [0, 0.05) is 5.39 Å². The van der Waals surface area contributed by atoms with Gasteiger partial charge in [-0.25, -0.2) is 0 Å². The van der Waals surface area contributed by atoms with Gasteiger partial charge in [-0.05, 0) is 30.0 Å². The van der Waals surface area contributed by atoms with E-state index in [0.29, 0.717) is 10.9 Å². The summed E-state index contributed by atoms with van der Waals surface area (Å²) in [6.07, 6.45) is 0. The third-order valence-electron chi connectivity index (χ3n) is 3.41. The van der Waals surface area contributed by atoms with Gasteiger partial charge in [-0.2, -0.15) is 21.6 Å². The van der Waals surface area contributed by atoms with Crippen molar-refractivity contribution in [3.05, 3.63) is 47.0 Å². The summed E-state index contributed by atoms with van der Waals surface area (Å²) < 4.78 is 63.5. The van der Waals surface area contributed by atoms with E-state index in [4.69, 9.17) is 0 Å². The molecule has 0 unspecified atom stereocenters. The third kappa shape index (κ3) is 2.34. The Balaban J connectivity index is 2.18. The van der Waals surface area contributed by atoms with Crippen LogP contribution < -0.4 is 0 Å². The van der Waals surface area contributed by atoms with Gasteiger partial charge in [0.1, 0.15) is 0 Å². The lowest BCUT2D eigenvalue weighted by Gasteiger charge is -2.25. The monoisotopic (exact) mass is 359 g/mol. The predicted molar refractivity (Wildman–Crippen MR) is 75.2 cm³/mol. The van der Waals surface area contributed by atoms with Gasteiger partial charge in [-0.15, -0.1) is 9.35 Å². The van der Waals surface area contributed by atoms with Crippen molar-refractivity contribution >= 4 is 32.7 Å². The molecule has 0 spiro atoms. The number of imide groups is 1. The van der Waals surface area contributed by atoms with Crippen LogP contribution in [0.5, 0.6) is 0 Å². The molecule has 1 aliphatic heterocycles. The van der Waals surface area contributed by atoms with Crippen molar-refractivity contribution in [1.29, 1.82) is 0 Å². The van der Waals surface area contributed by atoms with Gasteiger partial charge in [-0.1, -0.05) is 18.2 Å². The zero-order valence-corrected chi connectivity index (χ0v) is 12.7. The van der Waals surface area contributed by atoms with Gasteiger partial charge >= 0.3 is 15.6 Å². The number of alkyl halides is 3. The van der Waals surface area contributed by atoms with E-state index in [2.05, 4.69) is 4.28 Å². The highest BCUT2D eigenvalue weighted by Gasteiger charge is 2.51. The summed E-state index contributed by atoms with van der Waals surface area (Å²) in [6, 6.07) is 7.39. The number of benzene rings is 2. The molecule has 2 aromatic rings. The summed E-state index contributed by atoms with van der Waals surface area (Å²) in [4.78, 5) is 24.6. The number of rotatable bonds is 2. The van der Waals surface area contributed by atoms with Crippen molar-refractivity contribution in [1.82, 2.24) is 5.06 Å². The molecule has 0 fully saturated rings. The van der Waals surface area contributed by atoms with Gasteiger partial charge in [-0.3, -0.25) is 9.59 Å². The summed E-state index contributed by atoms with van der Waals surface area (Å²) in [7, 11) is -6.16. The molecule has 3 rings (SSSR count). The van der Waals surface area contributed by atoms with Crippen molar-refractivity contribution in [3.63, 3.8) is 0 Å². The smallest absolute Gasteiger partial charge is 0.266 e. The summed E-state index contributed by atoms with van der Waals surface area (Å²) in [5.74, 6) is -2.56. The zero-order chi connectivity index (χ0) is 17.9. The fraction of sp³-hybridized carbons (Fsp3) is 0.143. The number of aryl methyl sites for hydroxylation is 1. The molecule has 0 radical (unpaired) electrons. The summed E-state index contributed by atoms with van der Waals surface area (Å²) in [5.41, 5.74) is -5.40. The molecule has 24 heavy (non-hydrogen) atoms. The van der Waals surface area contributed by atoms with Crippen LogP contribution in [-0.2, 0) is 14.4 Å². The zero-order valence-electron chi connectivity index (χ0n) is 11.9. The highest BCUT2D eigenvalue weighted by Crippen LogP contribution is 2.33. The molecule has 0 atom stereocenters. The Kier molecular flexibility index (Phi) is 3.43. The van der Waals surface area contributed by atoms with Crippen LogP contribution in [0.15, 0.2) is 30.3 Å². The third-order valence-corrected chi connectivity index (χ3v) is 4.32. The standard InChI is InChI=1S/C14H8F3NO5S/c1-7-5-8-3-2-4-9-11(8)10(6-7)13(20)18(12(9)19)23-24(21,22)14(15,16)17/h2-6H,1H3. The van der Waals surface area contributed by atoms with E-state index in [9.17, 15) is 31.2 Å². The van der Waals surface area contributed by atoms with Crippen molar-refractivity contribution in [2.24, 2.45) is 0 Å². The van der Waals surface area contributed by atoms with Gasteiger partial charge in [0.05, 0.1) is 11.1 Å². The van der Waals surface area contributed by atoms with Crippen molar-refractivity contribution in [2.75, 3.05) is 0 Å². The van der Waals surface area contributed by atoms with Crippen LogP contribution in [0, 0.1) is 6.92 Å². The first-order chi connectivity index (χ1) is 11.0. The Hall–Kier alpha value is -2.46. The van der Waals surface area contributed by atoms with E-state index in [1.54, 1.807) is 19.1 Å². The molecule has 0 saturated carbocycles. The highest BCUT2D eigenvalue weighted by atomic mass is 32.2. The molecule has 0 aliphatic carbocycles. The van der Waals surface area contributed by atoms with Crippen molar-refractivity contribution in [3.8, 4) is 0 Å². The second-order valence-electron chi connectivity index (χ2n) is 5.10. The minimum absolute atomic E-state index is 0.113. The second kappa shape index (κ2) is 5.02. The topological polar surface area (TPSA) is 80.8 Å². The van der Waals surface area contributed by atoms with Crippen molar-refractivity contribution < 1.29 is 35.5 Å². The summed E-state index contributed by atoms with van der Waals surface area (Å²) >= 11 is 0. The SMILES string of the molecule is Cc1cc2c3c(cccc3c1)C(=O)N(OS(=O)(=O)C(F)(F)F)C2=O. The normalized spacial score (nSPS) is 15.2. The van der Waals surface area contributed by atoms with Crippen LogP contribution in [0.2, 0.25) is 0 Å². The molecule has 0 N–H and O–H groups in total. The number of nitrogens with zero attached hydrogens (tertiary/aromatic N) is 1. The van der Waals surface area contributed by atoms with Crippen LogP contribution in [0.25, 0.3) is 10.8 Å². The van der Waals surface area contributed by atoms with Gasteiger partial charge in [0.2, 0.25) is 0 Å². The van der Waals surface area contributed by atoms with Gasteiger partial charge < -0.3 is 0 Å². The predicted octanol–water partition coefficient (Wildman–Crippen LogP) is 2.53. The number of carbonyl (C=O) groups is 2. The minimum atomic E-state index is -6.16. The number of hydrogen-bond acceptors (Lipinski definition) is 5. The molecular weight excluding hydrogens is 351 g/mol. The molecule has 0 aromatic heterocycles. The molecular formula is C14H8F3NO5S. The number of hydroxylamine groups is 2. The lowest BCUT2D eigenvalue weighted by molar-refractivity contribution is -0.0761. The fourth-order valence-electron chi connectivity index (χ4n) is 2.44. The van der Waals surface area contributed by atoms with Crippen molar-refractivity contribution in [2.45, 2.75) is 12.4 Å². The van der Waals surface area contributed by atoms with Crippen LogP contribution in [0.1, 0.15) is 26.3 Å². The molecule has 1 heterocycles. The summed E-state index contributed by atoms with van der Waals surface area (Å²) in [5, 5.41) is 0.393. The Morgan fingerprint density at radius 3 is 2.29 bits per heavy atom. The Bertz CT molecular complexity index is 997. The van der Waals surface area contributed by atoms with Crippen LogP contribution in [0.4, 0.5) is 13.2 Å². The number of hydrogen-bond donors (Lipinski definition) is 0. The number of halogens is 3. The average molecular weight is 359 g/mol. The van der Waals surface area contributed by atoms with Crippen LogP contribution >= 0.6 is 0 Å². The van der Waals surface area contributed by atoms with E-state index in [-0.39, 0.29) is 21.6 Å². The first-order valence-electron chi connectivity index (χ1n) is 6.46. The van der Waals surface area contributed by atoms with E-state index < -0.39 is 27.4 Å². The Labute approximate surface area is 133 Å². The molecule has 0 bridgehead atoms. The van der Waals surface area contributed by atoms with Gasteiger partial charge in [0.15, 0.2) is 0 Å². The van der Waals surface area contributed by atoms with E-state index in [0.717, 1.165) is 0 Å². The molecule has 6 nitrogen and oxygen atoms in total. The highest BCUT2D eigenvalue weighted by molar-refractivity contribution is 7.87. The van der Waals surface area contributed by atoms with E-state index in [1.165, 1.54) is 18.2 Å². The number of carbonyl (C=O) groups excluding carboxylic acids is 2.